The van der Waals surface area contributed by atoms with Crippen molar-refractivity contribution in [3.8, 4) is 5.75 Å². The number of aryl methyl sites for hydroxylation is 3. The van der Waals surface area contributed by atoms with Crippen molar-refractivity contribution in [2.45, 2.75) is 26.8 Å². The molecule has 0 aliphatic heterocycles. The van der Waals surface area contributed by atoms with E-state index in [1.54, 1.807) is 7.11 Å². The van der Waals surface area contributed by atoms with Crippen LogP contribution in [0, 0.1) is 20.8 Å². The minimum Gasteiger partial charge on any atom is -0.496 e. The van der Waals surface area contributed by atoms with Gasteiger partial charge in [0.25, 0.3) is 5.91 Å². The van der Waals surface area contributed by atoms with Crippen LogP contribution in [0.5, 0.6) is 5.75 Å². The number of amides is 1. The first-order chi connectivity index (χ1) is 13.3. The molecule has 5 heteroatoms. The van der Waals surface area contributed by atoms with Gasteiger partial charge in [0.2, 0.25) is 0 Å². The highest BCUT2D eigenvalue weighted by Gasteiger charge is 2.23. The van der Waals surface area contributed by atoms with Crippen LogP contribution in [0.4, 0.5) is 0 Å². The molecule has 1 N–H and O–H groups in total. The summed E-state index contributed by atoms with van der Waals surface area (Å²) in [6.07, 6.45) is 0. The van der Waals surface area contributed by atoms with Gasteiger partial charge in [-0.05, 0) is 58.1 Å². The number of likely N-dealkylation sites (N-methyl/N-ethyl adjacent to an activating group) is 1. The predicted molar refractivity (Wildman–Crippen MR) is 112 cm³/mol. The van der Waals surface area contributed by atoms with Crippen LogP contribution in [-0.2, 0) is 0 Å². The number of benzene rings is 2. The van der Waals surface area contributed by atoms with E-state index in [4.69, 9.17) is 9.15 Å². The van der Waals surface area contributed by atoms with E-state index in [-0.39, 0.29) is 11.9 Å². The van der Waals surface area contributed by atoms with E-state index in [9.17, 15) is 4.79 Å². The molecule has 3 rings (SSSR count). The third-order valence-corrected chi connectivity index (χ3v) is 5.15. The van der Waals surface area contributed by atoms with Crippen molar-refractivity contribution >= 4 is 16.9 Å². The Morgan fingerprint density at radius 1 is 1.18 bits per heavy atom. The molecule has 1 atom stereocenters. The summed E-state index contributed by atoms with van der Waals surface area (Å²) < 4.78 is 11.4. The van der Waals surface area contributed by atoms with Crippen LogP contribution >= 0.6 is 0 Å². The second-order valence-corrected chi connectivity index (χ2v) is 7.44. The number of furan rings is 1. The van der Waals surface area contributed by atoms with Crippen LogP contribution in [0.1, 0.15) is 38.9 Å². The number of carbonyl (C=O) groups is 1. The second-order valence-electron chi connectivity index (χ2n) is 7.44. The van der Waals surface area contributed by atoms with Crippen LogP contribution in [-0.4, -0.2) is 38.6 Å². The topological polar surface area (TPSA) is 54.7 Å². The number of hydrogen-bond acceptors (Lipinski definition) is 4. The molecule has 1 aromatic heterocycles. The molecule has 5 nitrogen and oxygen atoms in total. The molecule has 28 heavy (non-hydrogen) atoms. The highest BCUT2D eigenvalue weighted by molar-refractivity contribution is 6.00. The summed E-state index contributed by atoms with van der Waals surface area (Å²) >= 11 is 0. The van der Waals surface area contributed by atoms with Crippen molar-refractivity contribution in [2.24, 2.45) is 0 Å². The van der Waals surface area contributed by atoms with Crippen molar-refractivity contribution in [3.05, 3.63) is 64.4 Å². The lowest BCUT2D eigenvalue weighted by atomic mass is 10.0. The van der Waals surface area contributed by atoms with Gasteiger partial charge >= 0.3 is 0 Å². The van der Waals surface area contributed by atoms with E-state index in [0.717, 1.165) is 39.0 Å². The molecular weight excluding hydrogens is 352 g/mol. The third kappa shape index (κ3) is 3.76. The fourth-order valence-corrected chi connectivity index (χ4v) is 3.79. The zero-order valence-electron chi connectivity index (χ0n) is 17.4. The van der Waals surface area contributed by atoms with Crippen molar-refractivity contribution in [2.75, 3.05) is 27.7 Å². The van der Waals surface area contributed by atoms with E-state index in [1.807, 2.05) is 65.2 Å². The number of ether oxygens (including phenoxy) is 1. The van der Waals surface area contributed by atoms with Gasteiger partial charge in [0.05, 0.1) is 13.2 Å². The van der Waals surface area contributed by atoms with Crippen molar-refractivity contribution in [1.82, 2.24) is 10.2 Å². The number of nitrogens with zero attached hydrogens (tertiary/aromatic N) is 1. The molecule has 3 aromatic rings. The maximum atomic E-state index is 12.9. The molecule has 0 aliphatic carbocycles. The lowest BCUT2D eigenvalue weighted by Crippen LogP contribution is -2.34. The zero-order chi connectivity index (χ0) is 20.4. The Bertz CT molecular complexity index is 1000. The van der Waals surface area contributed by atoms with Gasteiger partial charge in [-0.2, -0.15) is 0 Å². The van der Waals surface area contributed by atoms with Gasteiger partial charge in [-0.3, -0.25) is 4.79 Å². The Balaban J connectivity index is 1.85. The van der Waals surface area contributed by atoms with Gasteiger partial charge in [0.15, 0.2) is 5.76 Å². The van der Waals surface area contributed by atoms with Crippen molar-refractivity contribution in [3.63, 3.8) is 0 Å². The van der Waals surface area contributed by atoms with Crippen molar-refractivity contribution < 1.29 is 13.9 Å². The first-order valence-electron chi connectivity index (χ1n) is 9.41. The first-order valence-corrected chi connectivity index (χ1v) is 9.41. The Labute approximate surface area is 166 Å². The maximum absolute atomic E-state index is 12.9. The fourth-order valence-electron chi connectivity index (χ4n) is 3.79. The summed E-state index contributed by atoms with van der Waals surface area (Å²) in [5, 5.41) is 4.05. The highest BCUT2D eigenvalue weighted by Crippen LogP contribution is 2.30. The Hall–Kier alpha value is -2.79. The maximum Gasteiger partial charge on any atom is 0.287 e. The van der Waals surface area contributed by atoms with E-state index >= 15 is 0 Å². The molecular formula is C23H28N2O3. The Morgan fingerprint density at radius 3 is 2.57 bits per heavy atom. The Kier molecular flexibility index (Phi) is 5.75. The van der Waals surface area contributed by atoms with Gasteiger partial charge in [-0.15, -0.1) is 0 Å². The summed E-state index contributed by atoms with van der Waals surface area (Å²) in [7, 11) is 5.63. The van der Waals surface area contributed by atoms with Gasteiger partial charge in [-0.25, -0.2) is 0 Å². The quantitative estimate of drug-likeness (QED) is 0.689. The molecule has 0 aliphatic rings. The minimum atomic E-state index is -0.201. The van der Waals surface area contributed by atoms with Crippen LogP contribution < -0.4 is 10.1 Å². The third-order valence-electron chi connectivity index (χ3n) is 5.15. The van der Waals surface area contributed by atoms with Gasteiger partial charge in [0, 0.05) is 23.1 Å². The van der Waals surface area contributed by atoms with Crippen LogP contribution in [0.15, 0.2) is 40.8 Å². The smallest absolute Gasteiger partial charge is 0.287 e. The predicted octanol–water partition coefficient (Wildman–Crippen LogP) is 4.40. The van der Waals surface area contributed by atoms with Crippen molar-refractivity contribution in [1.29, 1.82) is 0 Å². The number of para-hydroxylation sites is 1. The molecule has 0 fully saturated rings. The summed E-state index contributed by atoms with van der Waals surface area (Å²) in [6.45, 7) is 6.45. The highest BCUT2D eigenvalue weighted by atomic mass is 16.5. The molecule has 1 amide bonds. The van der Waals surface area contributed by atoms with Gasteiger partial charge in [0.1, 0.15) is 11.3 Å². The molecule has 0 spiro atoms. The van der Waals surface area contributed by atoms with Gasteiger partial charge in [-0.1, -0.05) is 24.3 Å². The molecule has 0 saturated carbocycles. The number of fused-ring (bicyclic) bond motifs is 1. The number of hydrogen-bond donors (Lipinski definition) is 1. The summed E-state index contributed by atoms with van der Waals surface area (Å²) in [5.74, 6) is 0.982. The van der Waals surface area contributed by atoms with E-state index in [0.29, 0.717) is 12.3 Å². The molecule has 0 unspecified atom stereocenters. The first kappa shape index (κ1) is 20.0. The monoisotopic (exact) mass is 380 g/mol. The zero-order valence-corrected chi connectivity index (χ0v) is 17.4. The van der Waals surface area contributed by atoms with E-state index < -0.39 is 0 Å². The van der Waals surface area contributed by atoms with E-state index in [1.165, 1.54) is 0 Å². The Morgan fingerprint density at radius 2 is 1.89 bits per heavy atom. The molecule has 2 aromatic carbocycles. The van der Waals surface area contributed by atoms with Crippen LogP contribution in [0.25, 0.3) is 11.0 Å². The lowest BCUT2D eigenvalue weighted by molar-refractivity contribution is 0.0915. The largest absolute Gasteiger partial charge is 0.496 e. The van der Waals surface area contributed by atoms with E-state index in [2.05, 4.69) is 16.3 Å². The molecule has 0 bridgehead atoms. The molecule has 148 valence electrons. The van der Waals surface area contributed by atoms with Gasteiger partial charge < -0.3 is 19.4 Å². The minimum absolute atomic E-state index is 0.0197. The summed E-state index contributed by atoms with van der Waals surface area (Å²) in [6, 6.07) is 11.9. The fraction of sp³-hybridized carbons (Fsp3) is 0.348. The number of nitrogens with one attached hydrogen (secondary N) is 1. The average molecular weight is 380 g/mol. The van der Waals surface area contributed by atoms with Crippen LogP contribution in [0.2, 0.25) is 0 Å². The number of methoxy groups -OCH3 is 1. The normalized spacial score (nSPS) is 12.4. The van der Waals surface area contributed by atoms with Crippen LogP contribution in [0.3, 0.4) is 0 Å². The average Bonchev–Trinajstić information content (AvgIpc) is 2.98. The standard InChI is InChI=1S/C23H28N2O3/c1-14-11-15(2)21-16(3)22(28-20(21)12-14)23(26)24-13-18(25(4)5)17-9-7-8-10-19(17)27-6/h7-12,18H,13H2,1-6H3,(H,24,26)/t18-/m0/s1. The molecule has 0 radical (unpaired) electrons. The molecule has 1 heterocycles. The summed E-state index contributed by atoms with van der Waals surface area (Å²) in [4.78, 5) is 15.0. The molecule has 0 saturated heterocycles. The lowest BCUT2D eigenvalue weighted by Gasteiger charge is -2.26. The second kappa shape index (κ2) is 8.07. The SMILES string of the molecule is COc1ccccc1[C@H](CNC(=O)c1oc2cc(C)cc(C)c2c1C)N(C)C. The number of rotatable bonds is 6. The number of carbonyl (C=O) groups excluding carboxylic acids is 1. The summed E-state index contributed by atoms with van der Waals surface area (Å²) in [5.41, 5.74) is 4.91.